The van der Waals surface area contributed by atoms with E-state index in [0.717, 1.165) is 11.1 Å². The Morgan fingerprint density at radius 2 is 1.86 bits per heavy atom. The van der Waals surface area contributed by atoms with Crippen LogP contribution in [-0.4, -0.2) is 12.3 Å². The van der Waals surface area contributed by atoms with E-state index in [4.69, 9.17) is 0 Å². The Balaban J connectivity index is 1.91. The third-order valence-electron chi connectivity index (χ3n) is 3.19. The monoisotopic (exact) mass is 305 g/mol. The second-order valence-electron chi connectivity index (χ2n) is 4.76. The molecule has 1 aliphatic heterocycles. The van der Waals surface area contributed by atoms with Crippen molar-refractivity contribution < 1.29 is 22.7 Å². The van der Waals surface area contributed by atoms with Crippen LogP contribution in [0.25, 0.3) is 11.1 Å². The van der Waals surface area contributed by atoms with E-state index in [1.165, 1.54) is 18.2 Å². The van der Waals surface area contributed by atoms with Gasteiger partial charge in [0.15, 0.2) is 0 Å². The number of fused-ring (bicyclic) bond motifs is 1. The summed E-state index contributed by atoms with van der Waals surface area (Å²) < 4.78 is 40.7. The van der Waals surface area contributed by atoms with E-state index in [2.05, 4.69) is 16.5 Å². The molecule has 0 bridgehead atoms. The number of rotatable bonds is 2. The van der Waals surface area contributed by atoms with Crippen molar-refractivity contribution in [2.75, 3.05) is 5.32 Å². The molecule has 0 saturated carbocycles. The van der Waals surface area contributed by atoms with Gasteiger partial charge in [-0.2, -0.15) is 0 Å². The summed E-state index contributed by atoms with van der Waals surface area (Å²) in [6, 6.07) is 11.0. The van der Waals surface area contributed by atoms with Crippen molar-refractivity contribution in [3.8, 4) is 16.9 Å². The van der Waals surface area contributed by atoms with Crippen molar-refractivity contribution in [1.29, 1.82) is 0 Å². The van der Waals surface area contributed by atoms with Gasteiger partial charge < -0.3 is 10.1 Å². The van der Waals surface area contributed by atoms with Crippen molar-refractivity contribution in [2.24, 2.45) is 0 Å². The minimum absolute atomic E-state index is 0.269. The Bertz CT molecular complexity index is 726. The van der Waals surface area contributed by atoms with E-state index >= 15 is 0 Å². The Hall–Kier alpha value is -2.50. The van der Waals surface area contributed by atoms with Crippen LogP contribution in [0.15, 0.2) is 42.5 Å². The first kappa shape index (κ1) is 14.4. The molecule has 22 heavy (non-hydrogen) atoms. The van der Waals surface area contributed by atoms with Gasteiger partial charge in [-0.3, -0.25) is 4.79 Å². The lowest BCUT2D eigenvalue weighted by molar-refractivity contribution is -0.274. The van der Waals surface area contributed by atoms with Gasteiger partial charge in [0.1, 0.15) is 5.75 Å². The van der Waals surface area contributed by atoms with Gasteiger partial charge in [-0.15, -0.1) is 13.2 Å². The van der Waals surface area contributed by atoms with Crippen molar-refractivity contribution in [3.63, 3.8) is 0 Å². The predicted molar refractivity (Wildman–Crippen MR) is 74.1 cm³/mol. The second-order valence-corrected chi connectivity index (χ2v) is 4.76. The zero-order valence-corrected chi connectivity index (χ0v) is 11.2. The molecule has 0 spiro atoms. The van der Waals surface area contributed by atoms with Gasteiger partial charge in [-0.25, -0.2) is 0 Å². The quantitative estimate of drug-likeness (QED) is 0.916. The molecular formula is C16H10F3NO2. The number of hydrogen-bond donors (Lipinski definition) is 1. The molecule has 6 heteroatoms. The van der Waals surface area contributed by atoms with E-state index in [1.54, 1.807) is 18.2 Å². The molecule has 0 unspecified atom stereocenters. The lowest BCUT2D eigenvalue weighted by Gasteiger charge is -2.17. The first-order valence-corrected chi connectivity index (χ1v) is 6.45. The third-order valence-corrected chi connectivity index (χ3v) is 3.19. The highest BCUT2D eigenvalue weighted by molar-refractivity contribution is 6.00. The summed E-state index contributed by atoms with van der Waals surface area (Å²) in [6.45, 7) is 0. The average Bonchev–Trinajstić information content (AvgIpc) is 2.45. The average molecular weight is 305 g/mol. The number of alkyl halides is 3. The summed E-state index contributed by atoms with van der Waals surface area (Å²) in [5.74, 6) is -0.546. The Morgan fingerprint density at radius 3 is 2.64 bits per heavy atom. The van der Waals surface area contributed by atoms with Gasteiger partial charge in [-0.1, -0.05) is 18.2 Å². The van der Waals surface area contributed by atoms with Crippen LogP contribution in [0.4, 0.5) is 18.9 Å². The molecule has 0 fully saturated rings. The van der Waals surface area contributed by atoms with Crippen LogP contribution >= 0.6 is 0 Å². The van der Waals surface area contributed by atoms with Crippen LogP contribution < -0.4 is 10.1 Å². The first-order valence-electron chi connectivity index (χ1n) is 6.45. The van der Waals surface area contributed by atoms with E-state index in [0.29, 0.717) is 17.7 Å². The van der Waals surface area contributed by atoms with Gasteiger partial charge in [0.25, 0.3) is 0 Å². The van der Waals surface area contributed by atoms with Crippen LogP contribution in [0.1, 0.15) is 5.56 Å². The summed E-state index contributed by atoms with van der Waals surface area (Å²) in [4.78, 5) is 11.2. The number of anilines is 1. The molecule has 0 aliphatic carbocycles. The number of benzene rings is 2. The number of amides is 1. The topological polar surface area (TPSA) is 38.3 Å². The highest BCUT2D eigenvalue weighted by Crippen LogP contribution is 2.31. The van der Waals surface area contributed by atoms with Gasteiger partial charge in [0.2, 0.25) is 5.91 Å². The molecule has 0 aromatic heterocycles. The summed E-state index contributed by atoms with van der Waals surface area (Å²) >= 11 is 0. The predicted octanol–water partition coefficient (Wildman–Crippen LogP) is 3.83. The van der Waals surface area contributed by atoms with Crippen LogP contribution in [0, 0.1) is 6.42 Å². The number of hydrogen-bond acceptors (Lipinski definition) is 2. The maximum atomic E-state index is 12.3. The van der Waals surface area contributed by atoms with Gasteiger partial charge >= 0.3 is 6.36 Å². The maximum absolute atomic E-state index is 12.3. The standard InChI is InChI=1S/C16H10F3NO2/c17-16(18,19)22-13-3-1-2-10(9-13)11-4-6-14-12(8-11)5-7-15(21)20-14/h1-4,6,8-9H,5H2,(H,20,21). The summed E-state index contributed by atoms with van der Waals surface area (Å²) in [5, 5.41) is 2.66. The lowest BCUT2D eigenvalue weighted by Crippen LogP contribution is -2.19. The van der Waals surface area contributed by atoms with Gasteiger partial charge in [0.05, 0.1) is 6.42 Å². The third kappa shape index (κ3) is 3.21. The maximum Gasteiger partial charge on any atom is 0.573 e. The second kappa shape index (κ2) is 5.36. The molecule has 1 heterocycles. The highest BCUT2D eigenvalue weighted by Gasteiger charge is 2.31. The Labute approximate surface area is 124 Å². The van der Waals surface area contributed by atoms with Crippen molar-refractivity contribution in [3.05, 3.63) is 54.4 Å². The largest absolute Gasteiger partial charge is 0.573 e. The molecule has 1 aliphatic rings. The van der Waals surface area contributed by atoms with E-state index in [1.807, 2.05) is 6.07 Å². The molecule has 1 amide bonds. The fraction of sp³-hybridized carbons (Fsp3) is 0.125. The molecule has 3 rings (SSSR count). The Morgan fingerprint density at radius 1 is 1.09 bits per heavy atom. The molecule has 1 N–H and O–H groups in total. The van der Waals surface area contributed by atoms with Crippen molar-refractivity contribution in [1.82, 2.24) is 0 Å². The van der Waals surface area contributed by atoms with Gasteiger partial charge in [-0.05, 0) is 47.4 Å². The molecule has 2 aromatic rings. The molecular weight excluding hydrogens is 295 g/mol. The zero-order valence-electron chi connectivity index (χ0n) is 11.2. The molecule has 2 radical (unpaired) electrons. The van der Waals surface area contributed by atoms with Crippen LogP contribution in [-0.2, 0) is 11.2 Å². The molecule has 112 valence electrons. The highest BCUT2D eigenvalue weighted by atomic mass is 19.4. The van der Waals surface area contributed by atoms with E-state index in [-0.39, 0.29) is 11.7 Å². The fourth-order valence-corrected chi connectivity index (χ4v) is 2.26. The number of carbonyl (C=O) groups is 1. The number of nitrogens with one attached hydrogen (secondary N) is 1. The summed E-state index contributed by atoms with van der Waals surface area (Å²) in [7, 11) is 0. The molecule has 0 atom stereocenters. The SMILES string of the molecule is O=C1[C]Cc2cc(-c3cccc(OC(F)(F)F)c3)ccc2N1. The first-order chi connectivity index (χ1) is 10.4. The Kier molecular flexibility index (Phi) is 3.52. The fourth-order valence-electron chi connectivity index (χ4n) is 2.26. The van der Waals surface area contributed by atoms with Crippen LogP contribution in [0.5, 0.6) is 5.75 Å². The number of ether oxygens (including phenoxy) is 1. The van der Waals surface area contributed by atoms with Gasteiger partial charge in [0, 0.05) is 5.69 Å². The molecule has 2 aromatic carbocycles. The minimum atomic E-state index is -4.72. The van der Waals surface area contributed by atoms with E-state index < -0.39 is 6.36 Å². The smallest absolute Gasteiger partial charge is 0.406 e. The van der Waals surface area contributed by atoms with E-state index in [9.17, 15) is 18.0 Å². The van der Waals surface area contributed by atoms with Crippen molar-refractivity contribution in [2.45, 2.75) is 12.8 Å². The molecule has 3 nitrogen and oxygen atoms in total. The lowest BCUT2D eigenvalue weighted by atomic mass is 9.97. The normalized spacial score (nSPS) is 14.2. The zero-order chi connectivity index (χ0) is 15.7. The van der Waals surface area contributed by atoms with Crippen LogP contribution in [0.2, 0.25) is 0 Å². The molecule has 0 saturated heterocycles. The summed E-state index contributed by atoms with van der Waals surface area (Å²) in [6.07, 6.45) is -1.71. The minimum Gasteiger partial charge on any atom is -0.406 e. The van der Waals surface area contributed by atoms with Crippen molar-refractivity contribution >= 4 is 11.6 Å². The van der Waals surface area contributed by atoms with Crippen LogP contribution in [0.3, 0.4) is 0 Å². The number of halogens is 3. The summed E-state index contributed by atoms with van der Waals surface area (Å²) in [5.41, 5.74) is 2.89. The number of carbonyl (C=O) groups excluding carboxylic acids is 1.